The number of nitrogens with zero attached hydrogens (tertiary/aromatic N) is 3. The zero-order chi connectivity index (χ0) is 19.6. The van der Waals surface area contributed by atoms with Crippen LogP contribution in [-0.4, -0.2) is 80.3 Å². The van der Waals surface area contributed by atoms with Crippen LogP contribution in [0.3, 0.4) is 0 Å². The summed E-state index contributed by atoms with van der Waals surface area (Å²) in [6.45, 7) is 0.554. The number of rotatable bonds is 17. The minimum atomic E-state index is -0.999. The number of hydrogen-bond donors (Lipinski definition) is 3. The minimum absolute atomic E-state index is 0.0145. The van der Waals surface area contributed by atoms with E-state index in [1.807, 2.05) is 0 Å². The number of aliphatic carboxylic acids is 2. The first-order valence-electron chi connectivity index (χ1n) is 7.92. The number of carbonyl (C=O) groups excluding carboxylic acids is 1. The molecule has 148 valence electrons. The van der Waals surface area contributed by atoms with Gasteiger partial charge in [-0.2, -0.15) is 0 Å². The van der Waals surface area contributed by atoms with Gasteiger partial charge >= 0.3 is 11.9 Å². The van der Waals surface area contributed by atoms with Gasteiger partial charge < -0.3 is 29.7 Å². The van der Waals surface area contributed by atoms with Crippen molar-refractivity contribution in [3.05, 3.63) is 10.4 Å². The highest BCUT2D eigenvalue weighted by Crippen LogP contribution is 1.95. The predicted molar refractivity (Wildman–Crippen MR) is 87.5 cm³/mol. The lowest BCUT2D eigenvalue weighted by atomic mass is 10.3. The van der Waals surface area contributed by atoms with E-state index in [4.69, 9.17) is 30.0 Å². The molecule has 0 radical (unpaired) electrons. The number of carboxylic acid groups (broad SMARTS) is 2. The van der Waals surface area contributed by atoms with E-state index in [0.717, 1.165) is 0 Å². The molecule has 0 aromatic carbocycles. The van der Waals surface area contributed by atoms with Crippen molar-refractivity contribution in [2.75, 3.05) is 46.2 Å². The number of azide groups is 1. The normalized spacial score (nSPS) is 10.3. The highest BCUT2D eigenvalue weighted by molar-refractivity contribution is 5.76. The van der Waals surface area contributed by atoms with Crippen LogP contribution in [0.2, 0.25) is 0 Å². The van der Waals surface area contributed by atoms with Crippen molar-refractivity contribution >= 4 is 17.8 Å². The second kappa shape index (κ2) is 16.1. The van der Waals surface area contributed by atoms with Crippen LogP contribution < -0.4 is 5.32 Å². The topological polar surface area (TPSA) is 180 Å². The van der Waals surface area contributed by atoms with E-state index in [1.165, 1.54) is 0 Å². The number of ether oxygens (including phenoxy) is 3. The summed E-state index contributed by atoms with van der Waals surface area (Å²) in [4.78, 5) is 35.3. The van der Waals surface area contributed by atoms with Gasteiger partial charge in [0.05, 0.1) is 58.5 Å². The van der Waals surface area contributed by atoms with Crippen molar-refractivity contribution in [3.8, 4) is 0 Å². The first kappa shape index (κ1) is 23.6. The number of carboxylic acids is 2. The van der Waals surface area contributed by atoms with Crippen LogP contribution in [0.15, 0.2) is 5.11 Å². The highest BCUT2D eigenvalue weighted by atomic mass is 16.5. The quantitative estimate of drug-likeness (QED) is 0.139. The van der Waals surface area contributed by atoms with Crippen molar-refractivity contribution in [2.24, 2.45) is 5.11 Å². The third-order valence-electron chi connectivity index (χ3n) is 2.80. The molecule has 0 spiro atoms. The highest BCUT2D eigenvalue weighted by Gasteiger charge is 2.14. The van der Waals surface area contributed by atoms with E-state index in [0.29, 0.717) is 0 Å². The summed E-state index contributed by atoms with van der Waals surface area (Å²) in [6, 6.07) is -0.548. The van der Waals surface area contributed by atoms with Gasteiger partial charge in [-0.05, 0) is 5.53 Å². The van der Waals surface area contributed by atoms with E-state index in [2.05, 4.69) is 15.3 Å². The van der Waals surface area contributed by atoms with Crippen LogP contribution in [0.4, 0.5) is 0 Å². The standard InChI is InChI=1S/C14H24N4O8/c15-18-16-4-8-24-5-1-12(19)17-11(9-25-6-2-13(20)21)10-26-7-3-14(22)23/h11H,1-10H2,(H,17,19)(H,20,21)(H,22,23). The summed E-state index contributed by atoms with van der Waals surface area (Å²) >= 11 is 0. The van der Waals surface area contributed by atoms with Crippen molar-refractivity contribution in [3.63, 3.8) is 0 Å². The van der Waals surface area contributed by atoms with Crippen LogP contribution in [0.5, 0.6) is 0 Å². The first-order valence-corrected chi connectivity index (χ1v) is 7.92. The van der Waals surface area contributed by atoms with Crippen molar-refractivity contribution in [1.82, 2.24) is 5.32 Å². The lowest BCUT2D eigenvalue weighted by Gasteiger charge is -2.19. The zero-order valence-electron chi connectivity index (χ0n) is 14.3. The number of carbonyl (C=O) groups is 3. The van der Waals surface area contributed by atoms with Gasteiger partial charge in [0.2, 0.25) is 5.91 Å². The molecule has 0 aliphatic heterocycles. The number of nitrogens with one attached hydrogen (secondary N) is 1. The SMILES string of the molecule is [N-]=[N+]=NCCOCCC(=O)NC(COCCC(=O)O)COCCC(=O)O. The average molecular weight is 376 g/mol. The van der Waals surface area contributed by atoms with Crippen molar-refractivity contribution in [2.45, 2.75) is 25.3 Å². The molecule has 0 aromatic rings. The molecule has 26 heavy (non-hydrogen) atoms. The maximum absolute atomic E-state index is 11.9. The molecule has 1 amide bonds. The molecule has 0 saturated carbocycles. The molecular weight excluding hydrogens is 352 g/mol. The fourth-order valence-electron chi connectivity index (χ4n) is 1.62. The van der Waals surface area contributed by atoms with E-state index in [9.17, 15) is 14.4 Å². The van der Waals surface area contributed by atoms with Gasteiger partial charge in [0.1, 0.15) is 0 Å². The van der Waals surface area contributed by atoms with Gasteiger partial charge in [-0.25, -0.2) is 0 Å². The summed E-state index contributed by atoms with van der Waals surface area (Å²) < 4.78 is 15.5. The molecule has 0 aromatic heterocycles. The van der Waals surface area contributed by atoms with Crippen LogP contribution >= 0.6 is 0 Å². The predicted octanol–water partition coefficient (Wildman–Crippen LogP) is 0.171. The van der Waals surface area contributed by atoms with Gasteiger partial charge in [-0.3, -0.25) is 14.4 Å². The van der Waals surface area contributed by atoms with E-state index in [-0.39, 0.29) is 71.4 Å². The number of hydrogen-bond acceptors (Lipinski definition) is 7. The average Bonchev–Trinajstić information content (AvgIpc) is 2.57. The fourth-order valence-corrected chi connectivity index (χ4v) is 1.62. The van der Waals surface area contributed by atoms with Crippen LogP contribution in [0.25, 0.3) is 10.4 Å². The van der Waals surface area contributed by atoms with Crippen LogP contribution in [-0.2, 0) is 28.6 Å². The summed E-state index contributed by atoms with van der Waals surface area (Å²) in [6.07, 6.45) is -0.268. The Bertz CT molecular complexity index is 460. The van der Waals surface area contributed by atoms with Gasteiger partial charge in [0.15, 0.2) is 0 Å². The van der Waals surface area contributed by atoms with E-state index >= 15 is 0 Å². The summed E-state index contributed by atoms with van der Waals surface area (Å²) in [7, 11) is 0. The van der Waals surface area contributed by atoms with Gasteiger partial charge in [-0.15, -0.1) is 0 Å². The Morgan fingerprint density at radius 2 is 1.46 bits per heavy atom. The summed E-state index contributed by atoms with van der Waals surface area (Å²) in [5.74, 6) is -2.33. The maximum atomic E-state index is 11.9. The van der Waals surface area contributed by atoms with Crippen molar-refractivity contribution in [1.29, 1.82) is 0 Å². The molecule has 0 rings (SSSR count). The minimum Gasteiger partial charge on any atom is -0.481 e. The largest absolute Gasteiger partial charge is 0.481 e. The molecular formula is C14H24N4O8. The Morgan fingerprint density at radius 1 is 0.923 bits per heavy atom. The monoisotopic (exact) mass is 376 g/mol. The van der Waals surface area contributed by atoms with E-state index in [1.54, 1.807) is 0 Å². The first-order chi connectivity index (χ1) is 12.5. The van der Waals surface area contributed by atoms with E-state index < -0.39 is 18.0 Å². The molecule has 0 aliphatic carbocycles. The van der Waals surface area contributed by atoms with Gasteiger partial charge in [-0.1, -0.05) is 5.11 Å². The zero-order valence-corrected chi connectivity index (χ0v) is 14.3. The van der Waals surface area contributed by atoms with Crippen LogP contribution in [0.1, 0.15) is 19.3 Å². The summed E-state index contributed by atoms with van der Waals surface area (Å²) in [5, 5.41) is 23.0. The summed E-state index contributed by atoms with van der Waals surface area (Å²) in [5.41, 5.74) is 8.10. The lowest BCUT2D eigenvalue weighted by Crippen LogP contribution is -2.42. The molecule has 3 N–H and O–H groups in total. The van der Waals surface area contributed by atoms with Crippen LogP contribution in [0, 0.1) is 0 Å². The molecule has 0 bridgehead atoms. The molecule has 0 atom stereocenters. The molecule has 12 nitrogen and oxygen atoms in total. The molecule has 0 fully saturated rings. The third-order valence-corrected chi connectivity index (χ3v) is 2.80. The van der Waals surface area contributed by atoms with Gasteiger partial charge in [0, 0.05) is 17.9 Å². The van der Waals surface area contributed by atoms with Gasteiger partial charge in [0.25, 0.3) is 0 Å². The third kappa shape index (κ3) is 16.5. The lowest BCUT2D eigenvalue weighted by molar-refractivity contribution is -0.139. The Morgan fingerprint density at radius 3 is 1.96 bits per heavy atom. The molecule has 12 heteroatoms. The second-order valence-electron chi connectivity index (χ2n) is 5.02. The molecule has 0 aliphatic rings. The molecule has 0 heterocycles. The Hall–Kier alpha value is -2.40. The van der Waals surface area contributed by atoms with Crippen molar-refractivity contribution < 1.29 is 38.8 Å². The molecule has 0 unspecified atom stereocenters. The Labute approximate surface area is 150 Å². The maximum Gasteiger partial charge on any atom is 0.305 e. The molecule has 0 saturated heterocycles. The number of amides is 1. The second-order valence-corrected chi connectivity index (χ2v) is 5.02. The Balaban J connectivity index is 4.12. The smallest absolute Gasteiger partial charge is 0.305 e. The fraction of sp³-hybridized carbons (Fsp3) is 0.786. The Kier molecular flexibility index (Phi) is 14.6.